The minimum absolute atomic E-state index is 0.133. The molecule has 0 saturated heterocycles. The second-order valence-corrected chi connectivity index (χ2v) is 3.70. The fourth-order valence-corrected chi connectivity index (χ4v) is 1.47. The van der Waals surface area contributed by atoms with Crippen LogP contribution in [0.4, 0.5) is 4.39 Å². The van der Waals surface area contributed by atoms with E-state index in [1.807, 2.05) is 13.8 Å². The zero-order valence-corrected chi connectivity index (χ0v) is 9.00. The molecule has 0 saturated carbocycles. The van der Waals surface area contributed by atoms with Gasteiger partial charge in [0.2, 0.25) is 0 Å². The van der Waals surface area contributed by atoms with E-state index in [2.05, 4.69) is 11.4 Å². The van der Waals surface area contributed by atoms with Crippen LogP contribution in [-0.2, 0) is 0 Å². The summed E-state index contributed by atoms with van der Waals surface area (Å²) >= 11 is 0. The number of nitriles is 1. The first-order chi connectivity index (χ1) is 7.13. The molecule has 0 radical (unpaired) electrons. The minimum atomic E-state index is -0.226. The molecule has 0 aliphatic carbocycles. The second kappa shape index (κ2) is 5.47. The van der Waals surface area contributed by atoms with Crippen LogP contribution < -0.4 is 5.32 Å². The Morgan fingerprint density at radius 1 is 1.33 bits per heavy atom. The first-order valence-electron chi connectivity index (χ1n) is 5.02. The molecule has 2 nitrogen and oxygen atoms in total. The molecule has 1 aromatic rings. The lowest BCUT2D eigenvalue weighted by Crippen LogP contribution is -2.28. The highest BCUT2D eigenvalue weighted by atomic mass is 19.1. The predicted molar refractivity (Wildman–Crippen MR) is 57.6 cm³/mol. The molecule has 0 spiro atoms. The van der Waals surface area contributed by atoms with Gasteiger partial charge in [-0.3, -0.25) is 0 Å². The molecule has 0 aromatic heterocycles. The molecule has 1 N–H and O–H groups in total. The van der Waals surface area contributed by atoms with Crippen molar-refractivity contribution in [1.29, 1.82) is 5.26 Å². The average molecular weight is 206 g/mol. The molecule has 1 aromatic carbocycles. The molecule has 0 amide bonds. The first-order valence-corrected chi connectivity index (χ1v) is 5.02. The van der Waals surface area contributed by atoms with E-state index in [4.69, 9.17) is 5.26 Å². The van der Waals surface area contributed by atoms with Gasteiger partial charge in [-0.2, -0.15) is 5.26 Å². The van der Waals surface area contributed by atoms with Gasteiger partial charge in [0, 0.05) is 12.1 Å². The summed E-state index contributed by atoms with van der Waals surface area (Å²) in [6.45, 7) is 3.96. The number of hydrogen-bond donors (Lipinski definition) is 1. The van der Waals surface area contributed by atoms with Gasteiger partial charge in [0.1, 0.15) is 5.82 Å². The third kappa shape index (κ3) is 3.69. The van der Waals surface area contributed by atoms with Crippen LogP contribution in [0.5, 0.6) is 0 Å². The Balaban J connectivity index is 2.57. The van der Waals surface area contributed by atoms with Gasteiger partial charge < -0.3 is 5.32 Å². The lowest BCUT2D eigenvalue weighted by Gasteiger charge is -2.18. The normalized spacial score (nSPS) is 14.3. The third-order valence-electron chi connectivity index (χ3n) is 2.30. The number of halogens is 1. The summed E-state index contributed by atoms with van der Waals surface area (Å²) in [5, 5.41) is 11.8. The summed E-state index contributed by atoms with van der Waals surface area (Å²) in [5.41, 5.74) is 1.03. The Labute approximate surface area is 89.7 Å². The quantitative estimate of drug-likeness (QED) is 0.822. The third-order valence-corrected chi connectivity index (χ3v) is 2.30. The molecule has 1 rings (SSSR count). The fourth-order valence-electron chi connectivity index (χ4n) is 1.47. The fraction of sp³-hybridized carbons (Fsp3) is 0.417. The maximum atomic E-state index is 12.7. The van der Waals surface area contributed by atoms with Crippen molar-refractivity contribution in [2.24, 2.45) is 0 Å². The SMILES string of the molecule is CC(CC#N)N[C@@H](C)c1ccc(F)cc1. The van der Waals surface area contributed by atoms with Crippen LogP contribution in [-0.4, -0.2) is 6.04 Å². The van der Waals surface area contributed by atoms with Crippen LogP contribution in [0.3, 0.4) is 0 Å². The number of hydrogen-bond acceptors (Lipinski definition) is 2. The maximum absolute atomic E-state index is 12.7. The van der Waals surface area contributed by atoms with Gasteiger partial charge in [-0.25, -0.2) is 4.39 Å². The number of nitrogens with one attached hydrogen (secondary N) is 1. The molecule has 2 atom stereocenters. The number of nitrogens with zero attached hydrogens (tertiary/aromatic N) is 1. The molecular weight excluding hydrogens is 191 g/mol. The molecule has 3 heteroatoms. The van der Waals surface area contributed by atoms with Crippen LogP contribution in [0, 0.1) is 17.1 Å². The van der Waals surface area contributed by atoms with Gasteiger partial charge in [0.15, 0.2) is 0 Å². The van der Waals surface area contributed by atoms with Gasteiger partial charge in [0.25, 0.3) is 0 Å². The van der Waals surface area contributed by atoms with Crippen molar-refractivity contribution in [3.05, 3.63) is 35.6 Å². The van der Waals surface area contributed by atoms with Gasteiger partial charge in [-0.15, -0.1) is 0 Å². The zero-order valence-electron chi connectivity index (χ0n) is 9.00. The van der Waals surface area contributed by atoms with E-state index in [-0.39, 0.29) is 17.9 Å². The highest BCUT2D eigenvalue weighted by molar-refractivity contribution is 5.19. The molecule has 80 valence electrons. The molecular formula is C12H15FN2. The number of benzene rings is 1. The highest BCUT2D eigenvalue weighted by Crippen LogP contribution is 2.13. The lowest BCUT2D eigenvalue weighted by molar-refractivity contribution is 0.484. The minimum Gasteiger partial charge on any atom is -0.307 e. The Morgan fingerprint density at radius 3 is 2.47 bits per heavy atom. The van der Waals surface area contributed by atoms with Crippen molar-refractivity contribution < 1.29 is 4.39 Å². The predicted octanol–water partition coefficient (Wildman–Crippen LogP) is 2.78. The van der Waals surface area contributed by atoms with Crippen molar-refractivity contribution in [3.8, 4) is 6.07 Å². The molecule has 15 heavy (non-hydrogen) atoms. The van der Waals surface area contributed by atoms with E-state index in [0.717, 1.165) is 5.56 Å². The summed E-state index contributed by atoms with van der Waals surface area (Å²) in [6, 6.07) is 8.80. The monoisotopic (exact) mass is 206 g/mol. The molecule has 0 fully saturated rings. The molecule has 0 aliphatic rings. The largest absolute Gasteiger partial charge is 0.307 e. The lowest BCUT2D eigenvalue weighted by atomic mass is 10.1. The van der Waals surface area contributed by atoms with Gasteiger partial charge in [-0.05, 0) is 31.5 Å². The van der Waals surface area contributed by atoms with Crippen LogP contribution in [0.2, 0.25) is 0 Å². The highest BCUT2D eigenvalue weighted by Gasteiger charge is 2.08. The van der Waals surface area contributed by atoms with E-state index in [1.165, 1.54) is 12.1 Å². The van der Waals surface area contributed by atoms with Crippen LogP contribution in [0.25, 0.3) is 0 Å². The van der Waals surface area contributed by atoms with E-state index in [0.29, 0.717) is 6.42 Å². The standard InChI is InChI=1S/C12H15FN2/c1-9(7-8-14)15-10(2)11-3-5-12(13)6-4-11/h3-6,9-10,15H,7H2,1-2H3/t9?,10-/m0/s1. The average Bonchev–Trinajstić information content (AvgIpc) is 2.18. The molecule has 0 aliphatic heterocycles. The zero-order chi connectivity index (χ0) is 11.3. The molecule has 1 unspecified atom stereocenters. The first kappa shape index (κ1) is 11.7. The summed E-state index contributed by atoms with van der Waals surface area (Å²) in [6.07, 6.45) is 0.478. The van der Waals surface area contributed by atoms with Gasteiger partial charge >= 0.3 is 0 Å². The van der Waals surface area contributed by atoms with E-state index >= 15 is 0 Å². The Morgan fingerprint density at radius 2 is 1.93 bits per heavy atom. The van der Waals surface area contributed by atoms with Gasteiger partial charge in [0.05, 0.1) is 12.5 Å². The van der Waals surface area contributed by atoms with E-state index < -0.39 is 0 Å². The van der Waals surface area contributed by atoms with Crippen molar-refractivity contribution >= 4 is 0 Å². The Hall–Kier alpha value is -1.40. The van der Waals surface area contributed by atoms with Crippen LogP contribution in [0.1, 0.15) is 31.9 Å². The van der Waals surface area contributed by atoms with E-state index in [9.17, 15) is 4.39 Å². The number of rotatable bonds is 4. The van der Waals surface area contributed by atoms with Crippen molar-refractivity contribution in [2.45, 2.75) is 32.4 Å². The Bertz CT molecular complexity index is 340. The second-order valence-electron chi connectivity index (χ2n) is 3.70. The van der Waals surface area contributed by atoms with Gasteiger partial charge in [-0.1, -0.05) is 12.1 Å². The smallest absolute Gasteiger partial charge is 0.123 e. The van der Waals surface area contributed by atoms with Crippen molar-refractivity contribution in [2.75, 3.05) is 0 Å². The van der Waals surface area contributed by atoms with E-state index in [1.54, 1.807) is 12.1 Å². The van der Waals surface area contributed by atoms with Crippen LogP contribution >= 0.6 is 0 Å². The van der Waals surface area contributed by atoms with Crippen molar-refractivity contribution in [1.82, 2.24) is 5.32 Å². The summed E-state index contributed by atoms with van der Waals surface area (Å²) in [7, 11) is 0. The topological polar surface area (TPSA) is 35.8 Å². The summed E-state index contributed by atoms with van der Waals surface area (Å²) in [4.78, 5) is 0. The molecule has 0 heterocycles. The summed E-state index contributed by atoms with van der Waals surface area (Å²) in [5.74, 6) is -0.226. The molecule has 0 bridgehead atoms. The summed E-state index contributed by atoms with van der Waals surface area (Å²) < 4.78 is 12.7. The maximum Gasteiger partial charge on any atom is 0.123 e. The van der Waals surface area contributed by atoms with Crippen molar-refractivity contribution in [3.63, 3.8) is 0 Å². The Kier molecular flexibility index (Phi) is 4.26. The van der Waals surface area contributed by atoms with Crippen LogP contribution in [0.15, 0.2) is 24.3 Å².